The maximum Gasteiger partial charge on any atom is 0.150 e. The Hall–Kier alpha value is -5.90. The molecule has 2 atom stereocenters. The lowest BCUT2D eigenvalue weighted by Crippen LogP contribution is -2.16. The van der Waals surface area contributed by atoms with Gasteiger partial charge in [-0.15, -0.1) is 11.3 Å². The highest BCUT2D eigenvalue weighted by Crippen LogP contribution is 2.58. The van der Waals surface area contributed by atoms with Crippen LogP contribution in [0.5, 0.6) is 0 Å². The molecule has 3 heteroatoms. The minimum Gasteiger partial charge on any atom is -0.463 e. The average Bonchev–Trinajstić information content (AvgIpc) is 4.07. The van der Waals surface area contributed by atoms with Gasteiger partial charge in [0, 0.05) is 33.2 Å². The largest absolute Gasteiger partial charge is 0.463 e. The molecule has 2 unspecified atom stereocenters. The van der Waals surface area contributed by atoms with Gasteiger partial charge in [0.05, 0.1) is 17.5 Å². The SMILES string of the molecule is c1ccc(-c2c(-c3cccc4ccccc34)c(C3CCCc4ccccc43)c(C3CCc4ccccc43)c3c(-c4cccs4)c(-c4ccco4)[nH]c23)cc1. The van der Waals surface area contributed by atoms with Gasteiger partial charge in [0.25, 0.3) is 0 Å². The lowest BCUT2D eigenvalue weighted by molar-refractivity contribution is 0.581. The number of hydrogen-bond acceptors (Lipinski definition) is 2. The summed E-state index contributed by atoms with van der Waals surface area (Å²) in [6.45, 7) is 0. The number of aryl methyl sites for hydroxylation is 2. The monoisotopic (exact) mass is 713 g/mol. The van der Waals surface area contributed by atoms with E-state index in [1.54, 1.807) is 6.26 Å². The van der Waals surface area contributed by atoms with Crippen LogP contribution in [-0.2, 0) is 12.8 Å². The van der Waals surface area contributed by atoms with Crippen molar-refractivity contribution in [3.05, 3.63) is 191 Å². The summed E-state index contributed by atoms with van der Waals surface area (Å²) in [5, 5.41) is 6.10. The third-order valence-corrected chi connectivity index (χ3v) is 13.1. The van der Waals surface area contributed by atoms with E-state index in [2.05, 4.69) is 150 Å². The summed E-state index contributed by atoms with van der Waals surface area (Å²) in [7, 11) is 0. The Morgan fingerprint density at radius 2 is 1.31 bits per heavy atom. The molecule has 260 valence electrons. The molecule has 6 aromatic carbocycles. The summed E-state index contributed by atoms with van der Waals surface area (Å²) >= 11 is 1.82. The molecule has 11 rings (SSSR count). The van der Waals surface area contributed by atoms with Crippen molar-refractivity contribution in [3.63, 3.8) is 0 Å². The van der Waals surface area contributed by atoms with Gasteiger partial charge in [-0.3, -0.25) is 0 Å². The molecule has 0 radical (unpaired) electrons. The van der Waals surface area contributed by atoms with Gasteiger partial charge >= 0.3 is 0 Å². The molecule has 1 N–H and O–H groups in total. The van der Waals surface area contributed by atoms with E-state index < -0.39 is 0 Å². The molecule has 9 aromatic rings. The number of hydrogen-bond donors (Lipinski definition) is 1. The fraction of sp³-hybridized carbons (Fsp3) is 0.137. The fourth-order valence-corrected chi connectivity index (χ4v) is 10.8. The number of rotatable bonds is 6. The number of aromatic amines is 1. The predicted octanol–water partition coefficient (Wildman–Crippen LogP) is 14.2. The normalized spacial score (nSPS) is 16.5. The van der Waals surface area contributed by atoms with E-state index >= 15 is 0 Å². The summed E-state index contributed by atoms with van der Waals surface area (Å²) in [5.41, 5.74) is 17.5. The van der Waals surface area contributed by atoms with E-state index in [9.17, 15) is 0 Å². The summed E-state index contributed by atoms with van der Waals surface area (Å²) in [6, 6.07) is 54.2. The second-order valence-corrected chi connectivity index (χ2v) is 15.9. The lowest BCUT2D eigenvalue weighted by atomic mass is 9.69. The van der Waals surface area contributed by atoms with E-state index in [1.165, 1.54) is 94.2 Å². The Morgan fingerprint density at radius 1 is 0.574 bits per heavy atom. The van der Waals surface area contributed by atoms with Crippen molar-refractivity contribution in [3.8, 4) is 44.1 Å². The van der Waals surface area contributed by atoms with Crippen molar-refractivity contribution in [2.75, 3.05) is 0 Å². The van der Waals surface area contributed by atoms with Gasteiger partial charge < -0.3 is 9.40 Å². The van der Waals surface area contributed by atoms with Gasteiger partial charge in [0.2, 0.25) is 0 Å². The van der Waals surface area contributed by atoms with Crippen molar-refractivity contribution in [1.82, 2.24) is 4.98 Å². The van der Waals surface area contributed by atoms with Crippen LogP contribution < -0.4 is 0 Å². The molecule has 2 aliphatic carbocycles. The Bertz CT molecular complexity index is 2800. The molecule has 0 bridgehead atoms. The van der Waals surface area contributed by atoms with Gasteiger partial charge in [-0.1, -0.05) is 127 Å². The van der Waals surface area contributed by atoms with Gasteiger partial charge in [-0.2, -0.15) is 0 Å². The molecule has 0 amide bonds. The maximum absolute atomic E-state index is 6.29. The first-order chi connectivity index (χ1) is 26.8. The second-order valence-electron chi connectivity index (χ2n) is 15.0. The Kier molecular flexibility index (Phi) is 7.55. The van der Waals surface area contributed by atoms with Gasteiger partial charge in [-0.05, 0) is 117 Å². The highest BCUT2D eigenvalue weighted by molar-refractivity contribution is 7.13. The van der Waals surface area contributed by atoms with E-state index in [1.807, 2.05) is 17.4 Å². The molecule has 0 saturated carbocycles. The van der Waals surface area contributed by atoms with Crippen LogP contribution in [0.25, 0.3) is 65.8 Å². The Morgan fingerprint density at radius 3 is 2.11 bits per heavy atom. The minimum absolute atomic E-state index is 0.233. The quantitative estimate of drug-likeness (QED) is 0.183. The first-order valence-electron chi connectivity index (χ1n) is 19.4. The molecule has 0 spiro atoms. The van der Waals surface area contributed by atoms with E-state index in [-0.39, 0.29) is 11.8 Å². The van der Waals surface area contributed by atoms with Crippen LogP contribution in [0.3, 0.4) is 0 Å². The third-order valence-electron chi connectivity index (χ3n) is 12.2. The number of fused-ring (bicyclic) bond motifs is 4. The molecule has 3 aromatic heterocycles. The molecular formula is C51H39NOS. The number of H-pyrrole nitrogens is 1. The molecular weight excluding hydrogens is 675 g/mol. The zero-order valence-electron chi connectivity index (χ0n) is 30.0. The molecule has 0 aliphatic heterocycles. The summed E-state index contributed by atoms with van der Waals surface area (Å²) in [6.07, 6.45) is 7.37. The number of aromatic nitrogens is 1. The van der Waals surface area contributed by atoms with Crippen molar-refractivity contribution >= 4 is 33.0 Å². The lowest BCUT2D eigenvalue weighted by Gasteiger charge is -2.34. The third kappa shape index (κ3) is 4.92. The number of benzene rings is 6. The average molecular weight is 714 g/mol. The highest BCUT2D eigenvalue weighted by Gasteiger charge is 2.38. The number of furan rings is 1. The second kappa shape index (κ2) is 12.9. The van der Waals surface area contributed by atoms with E-state index in [4.69, 9.17) is 4.42 Å². The molecule has 0 saturated heterocycles. The zero-order chi connectivity index (χ0) is 35.6. The Labute approximate surface area is 319 Å². The minimum atomic E-state index is 0.233. The topological polar surface area (TPSA) is 28.9 Å². The van der Waals surface area contributed by atoms with Crippen LogP contribution in [0.4, 0.5) is 0 Å². The fourth-order valence-electron chi connectivity index (χ4n) is 10.0. The van der Waals surface area contributed by atoms with Crippen LogP contribution >= 0.6 is 11.3 Å². The molecule has 2 nitrogen and oxygen atoms in total. The molecule has 0 fully saturated rings. The van der Waals surface area contributed by atoms with Crippen LogP contribution in [0, 0.1) is 0 Å². The number of thiophene rings is 1. The standard InChI is InChI=1S/C51H39NOS/c1-2-17-35(18-3-1)44-45(39-24-10-19-32-14-4-7-21-36(32)39)46(40-25-11-20-33-15-5-8-22-37(33)40)47(41-29-28-34-16-6-9-23-38(34)41)49-48(43-27-13-31-54-43)50(52-51(44)49)42-26-12-30-53-42/h1-10,12-19,21-24,26-27,30-31,40-41,52H,11,20,25,28-29H2. The van der Waals surface area contributed by atoms with E-state index in [0.717, 1.165) is 37.1 Å². The molecule has 2 aliphatic rings. The van der Waals surface area contributed by atoms with Crippen LogP contribution in [0.1, 0.15) is 64.5 Å². The maximum atomic E-state index is 6.29. The van der Waals surface area contributed by atoms with Crippen LogP contribution in [0.2, 0.25) is 0 Å². The zero-order valence-corrected chi connectivity index (χ0v) is 30.8. The van der Waals surface area contributed by atoms with Gasteiger partial charge in [-0.25, -0.2) is 0 Å². The smallest absolute Gasteiger partial charge is 0.150 e. The predicted molar refractivity (Wildman–Crippen MR) is 226 cm³/mol. The van der Waals surface area contributed by atoms with Crippen LogP contribution in [0.15, 0.2) is 162 Å². The van der Waals surface area contributed by atoms with E-state index in [0.29, 0.717) is 0 Å². The highest BCUT2D eigenvalue weighted by atomic mass is 32.1. The van der Waals surface area contributed by atoms with Gasteiger partial charge in [0.15, 0.2) is 5.76 Å². The molecule has 3 heterocycles. The summed E-state index contributed by atoms with van der Waals surface area (Å²) < 4.78 is 6.29. The summed E-state index contributed by atoms with van der Waals surface area (Å²) in [5.74, 6) is 1.34. The first-order valence-corrected chi connectivity index (χ1v) is 20.2. The Balaban J connectivity index is 1.42. The van der Waals surface area contributed by atoms with Crippen molar-refractivity contribution in [1.29, 1.82) is 0 Å². The molecule has 54 heavy (non-hydrogen) atoms. The van der Waals surface area contributed by atoms with Gasteiger partial charge in [0.1, 0.15) is 0 Å². The summed E-state index contributed by atoms with van der Waals surface area (Å²) in [4.78, 5) is 5.39. The van der Waals surface area contributed by atoms with Crippen LogP contribution in [-0.4, -0.2) is 4.98 Å². The number of nitrogens with one attached hydrogen (secondary N) is 1. The first kappa shape index (κ1) is 31.6. The van der Waals surface area contributed by atoms with Crippen molar-refractivity contribution < 1.29 is 4.42 Å². The van der Waals surface area contributed by atoms with Crippen molar-refractivity contribution in [2.45, 2.75) is 43.9 Å². The van der Waals surface area contributed by atoms with Crippen molar-refractivity contribution in [2.24, 2.45) is 0 Å².